The summed E-state index contributed by atoms with van der Waals surface area (Å²) >= 11 is 1.37. The lowest BCUT2D eigenvalue weighted by Crippen LogP contribution is -2.28. The Morgan fingerprint density at radius 1 is 1.14 bits per heavy atom. The van der Waals surface area contributed by atoms with Crippen molar-refractivity contribution < 1.29 is 19.1 Å². The summed E-state index contributed by atoms with van der Waals surface area (Å²) < 4.78 is 5.43. The third kappa shape index (κ3) is 6.03. The minimum atomic E-state index is -0.489. The molecule has 0 aliphatic carbocycles. The number of aliphatic imine (C=N–C) groups is 1. The van der Waals surface area contributed by atoms with Crippen LogP contribution in [-0.2, 0) is 9.59 Å². The van der Waals surface area contributed by atoms with Crippen LogP contribution in [0.1, 0.15) is 54.6 Å². The van der Waals surface area contributed by atoms with Crippen LogP contribution in [0.15, 0.2) is 53.5 Å². The Bertz CT molecular complexity index is 1110. The third-order valence-electron chi connectivity index (χ3n) is 6.14. The number of hydrogen-bond donors (Lipinski definition) is 2. The van der Waals surface area contributed by atoms with Crippen LogP contribution in [0.2, 0.25) is 0 Å². The van der Waals surface area contributed by atoms with Crippen LogP contribution in [0.3, 0.4) is 0 Å². The zero-order chi connectivity index (χ0) is 24.8. The first-order valence-corrected chi connectivity index (χ1v) is 12.7. The van der Waals surface area contributed by atoms with Gasteiger partial charge < -0.3 is 20.3 Å². The quantitative estimate of drug-likeness (QED) is 0.576. The molecule has 3 amide bonds. The number of thioether (sulfide) groups is 1. The highest BCUT2D eigenvalue weighted by atomic mass is 32.2. The number of amides is 3. The van der Waals surface area contributed by atoms with Crippen LogP contribution in [0.5, 0.6) is 5.75 Å². The highest BCUT2D eigenvalue weighted by molar-refractivity contribution is 8.15. The van der Waals surface area contributed by atoms with E-state index in [9.17, 15) is 14.4 Å². The van der Waals surface area contributed by atoms with Crippen molar-refractivity contribution in [2.24, 2.45) is 4.99 Å². The van der Waals surface area contributed by atoms with Gasteiger partial charge in [0.2, 0.25) is 5.91 Å². The van der Waals surface area contributed by atoms with Gasteiger partial charge in [0.15, 0.2) is 5.17 Å². The van der Waals surface area contributed by atoms with E-state index in [4.69, 9.17) is 4.74 Å². The van der Waals surface area contributed by atoms with Gasteiger partial charge in [-0.05, 0) is 49.6 Å². The number of nitrogens with zero attached hydrogens (tertiary/aromatic N) is 2. The van der Waals surface area contributed by atoms with Gasteiger partial charge in [0.25, 0.3) is 11.8 Å². The van der Waals surface area contributed by atoms with E-state index in [0.717, 1.165) is 42.4 Å². The van der Waals surface area contributed by atoms with E-state index in [-0.39, 0.29) is 30.2 Å². The molecule has 0 bridgehead atoms. The first kappa shape index (κ1) is 24.8. The number of benzene rings is 2. The molecule has 0 radical (unpaired) electrons. The molecule has 2 N–H and O–H groups in total. The standard InChI is InChI=1S/C26H30N4O4S/c1-3-20(19-8-4-5-9-21(19)34-2)28-24(32)17-10-12-18(13-11-17)27-23(31)16-22-25(33)29-26(35-22)30-14-6-7-15-30/h4-5,8-13,20,22H,3,6-7,14-16H2,1-2H3,(H,27,31)(H,28,32). The summed E-state index contributed by atoms with van der Waals surface area (Å²) in [5.74, 6) is 0.0162. The van der Waals surface area contributed by atoms with Gasteiger partial charge in [-0.15, -0.1) is 0 Å². The van der Waals surface area contributed by atoms with Crippen molar-refractivity contribution in [2.45, 2.75) is 43.9 Å². The molecular formula is C26H30N4O4S. The minimum absolute atomic E-state index is 0.0592. The molecular weight excluding hydrogens is 464 g/mol. The van der Waals surface area contributed by atoms with Crippen molar-refractivity contribution >= 4 is 40.3 Å². The second-order valence-electron chi connectivity index (χ2n) is 8.54. The fourth-order valence-electron chi connectivity index (χ4n) is 4.23. The number of rotatable bonds is 8. The second kappa shape index (κ2) is 11.4. The molecule has 1 fully saturated rings. The second-order valence-corrected chi connectivity index (χ2v) is 9.71. The van der Waals surface area contributed by atoms with Crippen LogP contribution < -0.4 is 15.4 Å². The Morgan fingerprint density at radius 2 is 1.86 bits per heavy atom. The van der Waals surface area contributed by atoms with Gasteiger partial charge in [0, 0.05) is 36.3 Å². The molecule has 35 heavy (non-hydrogen) atoms. The number of carbonyl (C=O) groups is 3. The number of ether oxygens (including phenoxy) is 1. The van der Waals surface area contributed by atoms with Gasteiger partial charge >= 0.3 is 0 Å². The zero-order valence-corrected chi connectivity index (χ0v) is 20.8. The summed E-state index contributed by atoms with van der Waals surface area (Å²) in [5.41, 5.74) is 1.98. The molecule has 9 heteroatoms. The first-order valence-electron chi connectivity index (χ1n) is 11.9. The summed E-state index contributed by atoms with van der Waals surface area (Å²) in [7, 11) is 1.61. The maximum absolute atomic E-state index is 12.8. The van der Waals surface area contributed by atoms with E-state index in [1.807, 2.05) is 31.2 Å². The van der Waals surface area contributed by atoms with Crippen LogP contribution in [0.4, 0.5) is 5.69 Å². The molecule has 8 nitrogen and oxygen atoms in total. The van der Waals surface area contributed by atoms with Crippen molar-refractivity contribution in [3.8, 4) is 5.75 Å². The molecule has 184 valence electrons. The number of methoxy groups -OCH3 is 1. The molecule has 2 aliphatic heterocycles. The van der Waals surface area contributed by atoms with Crippen molar-refractivity contribution in [1.29, 1.82) is 0 Å². The Balaban J connectivity index is 1.31. The largest absolute Gasteiger partial charge is 0.496 e. The SMILES string of the molecule is CCC(NC(=O)c1ccc(NC(=O)CC2SC(N3CCCC3)=NC2=O)cc1)c1ccccc1OC. The number of nitrogens with one attached hydrogen (secondary N) is 2. The van der Waals surface area contributed by atoms with Crippen molar-refractivity contribution in [3.05, 3.63) is 59.7 Å². The summed E-state index contributed by atoms with van der Waals surface area (Å²) in [6.45, 7) is 3.83. The van der Waals surface area contributed by atoms with Gasteiger partial charge in [-0.1, -0.05) is 36.9 Å². The number of anilines is 1. The number of amidine groups is 1. The van der Waals surface area contributed by atoms with Crippen molar-refractivity contribution in [1.82, 2.24) is 10.2 Å². The lowest BCUT2D eigenvalue weighted by molar-refractivity contribution is -0.121. The summed E-state index contributed by atoms with van der Waals surface area (Å²) in [4.78, 5) is 43.9. The van der Waals surface area contributed by atoms with Gasteiger partial charge in [-0.2, -0.15) is 4.99 Å². The molecule has 0 aromatic heterocycles. The van der Waals surface area contributed by atoms with Gasteiger partial charge in [-0.25, -0.2) is 0 Å². The highest BCUT2D eigenvalue weighted by Gasteiger charge is 2.33. The number of hydrogen-bond acceptors (Lipinski definition) is 6. The maximum atomic E-state index is 12.8. The van der Waals surface area contributed by atoms with Crippen molar-refractivity contribution in [3.63, 3.8) is 0 Å². The first-order chi connectivity index (χ1) is 17.0. The number of likely N-dealkylation sites (tertiary alicyclic amines) is 1. The summed E-state index contributed by atoms with van der Waals surface area (Å²) in [6, 6.07) is 14.2. The minimum Gasteiger partial charge on any atom is -0.496 e. The molecule has 2 aliphatic rings. The van der Waals surface area contributed by atoms with Gasteiger partial charge in [-0.3, -0.25) is 14.4 Å². The molecule has 2 aromatic rings. The zero-order valence-electron chi connectivity index (χ0n) is 20.0. The summed E-state index contributed by atoms with van der Waals surface area (Å²) in [5, 5.41) is 6.11. The summed E-state index contributed by atoms with van der Waals surface area (Å²) in [6.07, 6.45) is 2.98. The van der Waals surface area contributed by atoms with Crippen LogP contribution >= 0.6 is 11.8 Å². The normalized spacial score (nSPS) is 18.2. The fourth-order valence-corrected chi connectivity index (χ4v) is 5.35. The predicted octanol–water partition coefficient (Wildman–Crippen LogP) is 4.00. The average molecular weight is 495 g/mol. The van der Waals surface area contributed by atoms with Crippen molar-refractivity contribution in [2.75, 3.05) is 25.5 Å². The molecule has 1 saturated heterocycles. The molecule has 2 unspecified atom stereocenters. The Labute approximate surface area is 209 Å². The van der Waals surface area contributed by atoms with Crippen LogP contribution in [0, 0.1) is 0 Å². The molecule has 2 atom stereocenters. The van der Waals surface area contributed by atoms with E-state index in [1.54, 1.807) is 31.4 Å². The highest BCUT2D eigenvalue weighted by Crippen LogP contribution is 2.30. The van der Waals surface area contributed by atoms with E-state index in [1.165, 1.54) is 11.8 Å². The molecule has 4 rings (SSSR count). The van der Waals surface area contributed by atoms with E-state index >= 15 is 0 Å². The maximum Gasteiger partial charge on any atom is 0.262 e. The molecule has 2 heterocycles. The lowest BCUT2D eigenvalue weighted by Gasteiger charge is -2.20. The molecule has 0 saturated carbocycles. The van der Waals surface area contributed by atoms with E-state index in [2.05, 4.69) is 20.5 Å². The Kier molecular flexibility index (Phi) is 8.07. The topological polar surface area (TPSA) is 100 Å². The number of carbonyl (C=O) groups excluding carboxylic acids is 3. The molecule has 2 aromatic carbocycles. The van der Waals surface area contributed by atoms with E-state index < -0.39 is 5.25 Å². The smallest absolute Gasteiger partial charge is 0.262 e. The van der Waals surface area contributed by atoms with Gasteiger partial charge in [0.1, 0.15) is 11.0 Å². The number of para-hydroxylation sites is 1. The third-order valence-corrected chi connectivity index (χ3v) is 7.35. The van der Waals surface area contributed by atoms with Gasteiger partial charge in [0.05, 0.1) is 13.2 Å². The Hall–Kier alpha value is -3.33. The Morgan fingerprint density at radius 3 is 2.54 bits per heavy atom. The van der Waals surface area contributed by atoms with E-state index in [0.29, 0.717) is 17.7 Å². The lowest BCUT2D eigenvalue weighted by atomic mass is 10.0. The monoisotopic (exact) mass is 494 g/mol. The molecule has 0 spiro atoms. The predicted molar refractivity (Wildman–Crippen MR) is 138 cm³/mol. The average Bonchev–Trinajstić information content (AvgIpc) is 3.53. The fraction of sp³-hybridized carbons (Fsp3) is 0.385. The van der Waals surface area contributed by atoms with Crippen LogP contribution in [-0.4, -0.2) is 53.2 Å². The van der Waals surface area contributed by atoms with Crippen LogP contribution in [0.25, 0.3) is 0 Å².